The average Bonchev–Trinajstić information content (AvgIpc) is 3.46. The molecule has 0 N–H and O–H groups in total. The van der Waals surface area contributed by atoms with E-state index in [0.717, 1.165) is 122 Å². The van der Waals surface area contributed by atoms with Crippen LogP contribution >= 0.6 is 0 Å². The van der Waals surface area contributed by atoms with Crippen molar-refractivity contribution >= 4 is 17.9 Å². The van der Waals surface area contributed by atoms with Crippen molar-refractivity contribution in [3.05, 3.63) is 97.2 Å². The maximum absolute atomic E-state index is 12.9. The molecule has 0 aromatic heterocycles. The maximum atomic E-state index is 12.9. The van der Waals surface area contributed by atoms with Crippen LogP contribution < -0.4 is 0 Å². The summed E-state index contributed by atoms with van der Waals surface area (Å²) in [6.45, 7) is 6.49. The van der Waals surface area contributed by atoms with E-state index in [-0.39, 0.29) is 31.1 Å². The molecule has 0 aliphatic carbocycles. The van der Waals surface area contributed by atoms with Gasteiger partial charge in [0.15, 0.2) is 6.10 Å². The molecule has 6 nitrogen and oxygen atoms in total. The predicted octanol–water partition coefficient (Wildman–Crippen LogP) is 24.0. The zero-order chi connectivity index (χ0) is 58.5. The van der Waals surface area contributed by atoms with Gasteiger partial charge >= 0.3 is 17.9 Å². The Morgan fingerprint density at radius 3 is 0.802 bits per heavy atom. The molecule has 0 fully saturated rings. The fraction of sp³-hybridized carbons (Fsp3) is 0.747. The average molecular weight is 1130 g/mol. The minimum absolute atomic E-state index is 0.0794. The highest BCUT2D eigenvalue weighted by atomic mass is 16.6. The SMILES string of the molecule is CC/C=C\C/C=C\C/C=C\C/C=C\C/C=C\C/C=C\CCCCCCCCCCCCCCC(=O)OCC(COC(=O)CCCCCCC/C=C\C/C=C\CCC)OC(=O)CCCCCCCCCCCCCCCCCCCCC. The lowest BCUT2D eigenvalue weighted by atomic mass is 10.0. The third-order valence-electron chi connectivity index (χ3n) is 15.1. The van der Waals surface area contributed by atoms with Gasteiger partial charge in [-0.2, -0.15) is 0 Å². The van der Waals surface area contributed by atoms with Gasteiger partial charge in [-0.05, 0) is 96.3 Å². The van der Waals surface area contributed by atoms with E-state index in [1.165, 1.54) is 180 Å². The normalized spacial score (nSPS) is 12.7. The Hall–Kier alpha value is -3.67. The van der Waals surface area contributed by atoms with Gasteiger partial charge in [0, 0.05) is 19.3 Å². The number of hydrogen-bond acceptors (Lipinski definition) is 6. The van der Waals surface area contributed by atoms with Gasteiger partial charge in [-0.15, -0.1) is 0 Å². The molecule has 0 radical (unpaired) electrons. The van der Waals surface area contributed by atoms with Crippen LogP contribution in [-0.2, 0) is 28.6 Å². The van der Waals surface area contributed by atoms with Gasteiger partial charge in [0.05, 0.1) is 0 Å². The Labute approximate surface area is 502 Å². The summed E-state index contributed by atoms with van der Waals surface area (Å²) in [4.78, 5) is 38.4. The van der Waals surface area contributed by atoms with Crippen LogP contribution in [0.25, 0.3) is 0 Å². The molecule has 0 saturated heterocycles. The molecule has 0 heterocycles. The quantitative estimate of drug-likeness (QED) is 0.0261. The van der Waals surface area contributed by atoms with Crippen LogP contribution in [0.5, 0.6) is 0 Å². The summed E-state index contributed by atoms with van der Waals surface area (Å²) in [5.74, 6) is -0.879. The van der Waals surface area contributed by atoms with E-state index in [9.17, 15) is 14.4 Å². The van der Waals surface area contributed by atoms with Gasteiger partial charge in [-0.1, -0.05) is 323 Å². The zero-order valence-electron chi connectivity index (χ0n) is 53.5. The summed E-state index contributed by atoms with van der Waals surface area (Å²) in [7, 11) is 0. The van der Waals surface area contributed by atoms with Gasteiger partial charge in [0.25, 0.3) is 0 Å². The van der Waals surface area contributed by atoms with Gasteiger partial charge in [0.2, 0.25) is 0 Å². The largest absolute Gasteiger partial charge is 0.462 e. The highest BCUT2D eigenvalue weighted by Gasteiger charge is 2.19. The molecule has 0 spiro atoms. The second kappa shape index (κ2) is 68.8. The third kappa shape index (κ3) is 67.0. The number of rotatable bonds is 63. The van der Waals surface area contributed by atoms with E-state index >= 15 is 0 Å². The Morgan fingerprint density at radius 2 is 0.506 bits per heavy atom. The maximum Gasteiger partial charge on any atom is 0.306 e. The Morgan fingerprint density at radius 1 is 0.259 bits per heavy atom. The summed E-state index contributed by atoms with van der Waals surface area (Å²) in [6.07, 6.45) is 92.9. The third-order valence-corrected chi connectivity index (χ3v) is 15.1. The molecule has 0 aromatic rings. The highest BCUT2D eigenvalue weighted by molar-refractivity contribution is 5.71. The van der Waals surface area contributed by atoms with Crippen molar-refractivity contribution in [2.24, 2.45) is 0 Å². The molecule has 0 bridgehead atoms. The van der Waals surface area contributed by atoms with E-state index in [2.05, 4.69) is 118 Å². The first-order chi connectivity index (χ1) is 40.0. The first kappa shape index (κ1) is 77.3. The van der Waals surface area contributed by atoms with Gasteiger partial charge < -0.3 is 14.2 Å². The number of unbranched alkanes of at least 4 members (excludes halogenated alkanes) is 36. The summed E-state index contributed by atoms with van der Waals surface area (Å²) < 4.78 is 17.0. The molecule has 0 amide bonds. The minimum Gasteiger partial charge on any atom is -0.462 e. The van der Waals surface area contributed by atoms with Crippen LogP contribution in [0, 0.1) is 0 Å². The molecule has 466 valence electrons. The van der Waals surface area contributed by atoms with E-state index in [1.807, 2.05) is 0 Å². The summed E-state index contributed by atoms with van der Waals surface area (Å²) in [5.41, 5.74) is 0. The predicted molar refractivity (Wildman–Crippen MR) is 353 cm³/mol. The van der Waals surface area contributed by atoms with Crippen molar-refractivity contribution in [1.82, 2.24) is 0 Å². The Balaban J connectivity index is 4.24. The number of allylic oxidation sites excluding steroid dienone is 16. The lowest BCUT2D eigenvalue weighted by Gasteiger charge is -2.18. The fourth-order valence-corrected chi connectivity index (χ4v) is 9.90. The molecule has 6 heteroatoms. The molecule has 81 heavy (non-hydrogen) atoms. The van der Waals surface area contributed by atoms with Crippen molar-refractivity contribution in [3.63, 3.8) is 0 Å². The Kier molecular flexibility index (Phi) is 65.7. The standard InChI is InChI=1S/C75H130O6/c1-4-7-10-13-16-19-22-25-27-29-31-32-33-34-35-36-37-38-39-40-41-42-44-45-47-50-53-56-59-62-65-68-74(77)80-71-72(70-79-73(76)67-64-61-58-55-52-49-24-21-18-15-12-9-6-3)81-75(78)69-66-63-60-57-54-51-48-46-43-30-28-26-23-20-17-14-11-8-5-2/h7,10,12,15-16,19,21,24-25,27,31-32,34-35,37-38,72H,4-6,8-9,11,13-14,17-18,20,22-23,26,28-30,33,36,39-71H2,1-3H3/b10-7-,15-12-,19-16-,24-21-,27-25-,32-31-,35-34-,38-37-. The topological polar surface area (TPSA) is 78.9 Å². The lowest BCUT2D eigenvalue weighted by Crippen LogP contribution is -2.30. The molecular weight excluding hydrogens is 997 g/mol. The monoisotopic (exact) mass is 1130 g/mol. The number of ether oxygens (including phenoxy) is 3. The van der Waals surface area contributed by atoms with Crippen molar-refractivity contribution in [2.45, 2.75) is 348 Å². The van der Waals surface area contributed by atoms with Gasteiger partial charge in [-0.3, -0.25) is 14.4 Å². The van der Waals surface area contributed by atoms with Crippen molar-refractivity contribution in [2.75, 3.05) is 13.2 Å². The van der Waals surface area contributed by atoms with E-state index in [0.29, 0.717) is 19.3 Å². The van der Waals surface area contributed by atoms with E-state index < -0.39 is 6.10 Å². The van der Waals surface area contributed by atoms with E-state index in [1.54, 1.807) is 0 Å². The molecule has 0 rings (SSSR count). The summed E-state index contributed by atoms with van der Waals surface area (Å²) in [5, 5.41) is 0. The molecule has 0 aromatic carbocycles. The smallest absolute Gasteiger partial charge is 0.306 e. The number of carbonyl (C=O) groups excluding carboxylic acids is 3. The van der Waals surface area contributed by atoms with Crippen molar-refractivity contribution in [1.29, 1.82) is 0 Å². The first-order valence-electron chi connectivity index (χ1n) is 34.7. The molecule has 0 aliphatic heterocycles. The van der Waals surface area contributed by atoms with Gasteiger partial charge in [0.1, 0.15) is 13.2 Å². The Bertz CT molecular complexity index is 1580. The number of carbonyl (C=O) groups is 3. The van der Waals surface area contributed by atoms with Crippen LogP contribution in [0.1, 0.15) is 342 Å². The number of esters is 3. The number of hydrogen-bond donors (Lipinski definition) is 0. The van der Waals surface area contributed by atoms with Crippen molar-refractivity contribution in [3.8, 4) is 0 Å². The lowest BCUT2D eigenvalue weighted by molar-refractivity contribution is -0.167. The van der Waals surface area contributed by atoms with E-state index in [4.69, 9.17) is 14.2 Å². The molecule has 1 unspecified atom stereocenters. The highest BCUT2D eigenvalue weighted by Crippen LogP contribution is 2.17. The van der Waals surface area contributed by atoms with Crippen LogP contribution in [0.2, 0.25) is 0 Å². The summed E-state index contributed by atoms with van der Waals surface area (Å²) >= 11 is 0. The molecule has 0 aliphatic rings. The fourth-order valence-electron chi connectivity index (χ4n) is 9.90. The van der Waals surface area contributed by atoms with Crippen LogP contribution in [0.4, 0.5) is 0 Å². The zero-order valence-corrected chi connectivity index (χ0v) is 53.5. The van der Waals surface area contributed by atoms with Crippen LogP contribution in [0.3, 0.4) is 0 Å². The first-order valence-corrected chi connectivity index (χ1v) is 34.7. The molecular formula is C75H130O6. The summed E-state index contributed by atoms with van der Waals surface area (Å²) in [6, 6.07) is 0. The second-order valence-electron chi connectivity index (χ2n) is 23.1. The second-order valence-corrected chi connectivity index (χ2v) is 23.1. The minimum atomic E-state index is -0.783. The van der Waals surface area contributed by atoms with Crippen molar-refractivity contribution < 1.29 is 28.6 Å². The molecule has 1 atom stereocenters. The van der Waals surface area contributed by atoms with Gasteiger partial charge in [-0.25, -0.2) is 0 Å². The van der Waals surface area contributed by atoms with Crippen LogP contribution in [-0.4, -0.2) is 37.2 Å². The molecule has 0 saturated carbocycles. The van der Waals surface area contributed by atoms with Crippen LogP contribution in [0.15, 0.2) is 97.2 Å².